The number of hydrogen-bond donors (Lipinski definition) is 11. The van der Waals surface area contributed by atoms with Crippen LogP contribution in [0, 0.1) is 41.5 Å². The highest BCUT2D eigenvalue weighted by Crippen LogP contribution is 2.44. The van der Waals surface area contributed by atoms with Gasteiger partial charge in [0.1, 0.15) is 38.4 Å². The molecule has 0 spiro atoms. The zero-order valence-electron chi connectivity index (χ0n) is 81.3. The van der Waals surface area contributed by atoms with E-state index < -0.39 is 51.1 Å². The van der Waals surface area contributed by atoms with E-state index in [9.17, 15) is 63.4 Å². The van der Waals surface area contributed by atoms with E-state index in [-0.39, 0.29) is 38.9 Å². The minimum absolute atomic E-state index is 0.0411. The van der Waals surface area contributed by atoms with Gasteiger partial charge in [0.05, 0.1) is 18.2 Å². The molecule has 24 nitrogen and oxygen atoms in total. The maximum atomic E-state index is 11.4. The maximum absolute atomic E-state index is 11.4. The molecule has 0 aliphatic heterocycles. The van der Waals surface area contributed by atoms with Crippen LogP contribution in [0.3, 0.4) is 0 Å². The van der Waals surface area contributed by atoms with E-state index in [2.05, 4.69) is 184 Å². The topological polar surface area (TPSA) is 429 Å². The van der Waals surface area contributed by atoms with Gasteiger partial charge in [0.2, 0.25) is 0 Å². The number of hydrogen-bond acceptors (Lipinski definition) is 19. The highest BCUT2D eigenvalue weighted by Gasteiger charge is 2.24. The molecule has 130 heavy (non-hydrogen) atoms. The monoisotopic (exact) mass is 1870 g/mol. The fourth-order valence-electron chi connectivity index (χ4n) is 10.8. The Balaban J connectivity index is -0.000000678. The second kappa shape index (κ2) is 68.6. The molecule has 0 aliphatic carbocycles. The number of nitrogens with zero attached hydrogens (tertiary/aromatic N) is 4. The van der Waals surface area contributed by atoms with Crippen LogP contribution in [0.2, 0.25) is 0 Å². The average Bonchev–Trinajstić information content (AvgIpc) is 0.758. The van der Waals surface area contributed by atoms with Crippen LogP contribution in [0.5, 0.6) is 23.0 Å². The second-order valence-corrected chi connectivity index (χ2v) is 33.2. The van der Waals surface area contributed by atoms with E-state index in [0.717, 1.165) is 44.0 Å². The average molecular weight is 1870 g/mol. The number of phenolic OH excluding ortho intramolecular Hbond substituents is 4. The number of unbranched alkanes of at least 4 members (excludes halogenated alkanes) is 4. The van der Waals surface area contributed by atoms with E-state index in [4.69, 9.17) is 25.1 Å². The van der Waals surface area contributed by atoms with Crippen molar-refractivity contribution in [2.75, 3.05) is 45.1 Å². The lowest BCUT2D eigenvalue weighted by molar-refractivity contribution is 0.0962. The number of rotatable bonds is 9. The van der Waals surface area contributed by atoms with Crippen LogP contribution in [-0.2, 0) is 40.5 Å². The van der Waals surface area contributed by atoms with Crippen LogP contribution in [0.15, 0.2) is 255 Å². The number of aryl methyl sites for hydroxylation is 3. The smallest absolute Gasteiger partial charge is 0.296 e. The summed E-state index contributed by atoms with van der Waals surface area (Å²) >= 11 is 0. The van der Waals surface area contributed by atoms with Gasteiger partial charge in [-0.25, -0.2) is 0 Å². The zero-order valence-corrected chi connectivity index (χ0v) is 84.6. The molecule has 1 amide bonds. The summed E-state index contributed by atoms with van der Waals surface area (Å²) in [5.74, 6) is 0.0505. The Labute approximate surface area is 776 Å². The maximum Gasteiger partial charge on any atom is 0.296 e. The molecule has 0 saturated carbocycles. The summed E-state index contributed by atoms with van der Waals surface area (Å²) in [6.07, 6.45) is 12.1. The van der Waals surface area contributed by atoms with Gasteiger partial charge in [-0.2, -0.15) is 54.1 Å². The van der Waals surface area contributed by atoms with Gasteiger partial charge in [0.15, 0.2) is 5.75 Å². The van der Waals surface area contributed by atoms with Crippen molar-refractivity contribution in [3.05, 3.63) is 263 Å². The normalized spacial score (nSPS) is 10.1. The fourth-order valence-corrected chi connectivity index (χ4v) is 12.3. The number of fused-ring (bicyclic) bond motifs is 6. The highest BCUT2D eigenvalue weighted by atomic mass is 32.2. The molecule has 0 heterocycles. The highest BCUT2D eigenvalue weighted by molar-refractivity contribution is 7.86. The molecule has 0 radical (unpaired) electrons. The number of anilines is 2. The number of nitrogen functional groups attached to an aromatic ring is 2. The van der Waals surface area contributed by atoms with Gasteiger partial charge in [-0.15, -0.1) is 0 Å². The first-order valence-electron chi connectivity index (χ1n) is 43.4. The van der Waals surface area contributed by atoms with Gasteiger partial charge in [0.25, 0.3) is 46.4 Å². The number of phenols is 4. The molecule has 0 unspecified atom stereocenters. The van der Waals surface area contributed by atoms with E-state index in [0.29, 0.717) is 62.4 Å². The lowest BCUT2D eigenvalue weighted by Crippen LogP contribution is -2.17. The molecule has 0 atom stereocenters. The standard InChI is InChI=1S/C13H15N3O.C12H13N3O4S.C12H12O.C11H10O4S.2C10H8.C8H9NO.2C5H12.2C3H8.4C2H6.2CH4O3S/c1-7-6-9-4-5-10(16-15-3)12(14)11(9)13(17)8(7)2;1-6-3-4-7-5-8(20(17,18)19)11(15-14-2)12(16)9(7)10(6)13;1-8-7-10-5-3-4-6-11(10)12(13)9(8)2;1-7-10(16(13,14)15)6-8-4-2-3-5-9(8)11(7)12;2*1-2-6-10-8-4-3-7-9(10)5-1;1-9-8(10)7-5-3-2-4-6-7;2*1-3-5-4-2;2*1-3-2;4*1-2;2*1-5(2,3)4/h4-6,17H,14H2,1-3H3;3-5,16H,13H2,1-2H3,(H,17,18,19);3-7,13H,1-2H3;2-6,12H,1H3,(H,13,14,15);2*1-8H;2-6H,1H3,(H,9,10);2*3-5H2,1-2H3;2*3H2,1-2H3;4*1-2H3;2*1H3,(H,2,3,4). The van der Waals surface area contributed by atoms with Crippen LogP contribution in [0.25, 0.3) is 64.6 Å². The Morgan fingerprint density at radius 1 is 0.346 bits per heavy atom. The minimum Gasteiger partial charge on any atom is -0.507 e. The Morgan fingerprint density at radius 2 is 0.631 bits per heavy atom. The van der Waals surface area contributed by atoms with Crippen molar-refractivity contribution in [3.8, 4) is 23.0 Å². The van der Waals surface area contributed by atoms with Crippen LogP contribution in [0.4, 0.5) is 22.7 Å². The summed E-state index contributed by atoms with van der Waals surface area (Å²) in [6.45, 7) is 44.3. The van der Waals surface area contributed by atoms with E-state index >= 15 is 0 Å². The van der Waals surface area contributed by atoms with Crippen molar-refractivity contribution in [1.82, 2.24) is 5.32 Å². The van der Waals surface area contributed by atoms with Crippen molar-refractivity contribution >= 4 is 134 Å². The lowest BCUT2D eigenvalue weighted by Gasteiger charge is -2.11. The molecule has 13 rings (SSSR count). The lowest BCUT2D eigenvalue weighted by atomic mass is 9.99. The van der Waals surface area contributed by atoms with Crippen molar-refractivity contribution in [2.45, 2.75) is 213 Å². The summed E-state index contributed by atoms with van der Waals surface area (Å²) in [5.41, 5.74) is 18.5. The summed E-state index contributed by atoms with van der Waals surface area (Å²) in [6, 6.07) is 70.9. The number of azo groups is 2. The van der Waals surface area contributed by atoms with Gasteiger partial charge in [-0.05, 0) is 143 Å². The molecule has 13 aromatic rings. The fraction of sp³-hybridized carbons (Fsp3) is 0.343. The summed E-state index contributed by atoms with van der Waals surface area (Å²) in [7, 11) is -11.7. The number of amides is 1. The molecule has 0 aliphatic rings. The van der Waals surface area contributed by atoms with Gasteiger partial charge < -0.3 is 37.2 Å². The molecule has 0 saturated heterocycles. The molecule has 0 aromatic heterocycles. The van der Waals surface area contributed by atoms with Crippen molar-refractivity contribution in [3.63, 3.8) is 0 Å². The van der Waals surface area contributed by atoms with E-state index in [1.165, 1.54) is 99.0 Å². The SMILES string of the molecule is CC.CC.CC.CC.CCC.CCC.CCCCC.CCCCC.CN=Nc1c(S(=O)(=O)O)cc2ccc(C)c(N)c2c1O.CN=Nc1ccc2cc(C)c(C)c(O)c2c1N.CNC(=O)c1ccccc1.CS(=O)(=O)O.CS(=O)(=O)O.Cc1c(S(=O)(=O)O)cc2ccccc2c1O.Cc1cc2ccccc2c(O)c1C.c1ccc2ccccc2c1.c1ccc2ccccc2c1. The van der Waals surface area contributed by atoms with Gasteiger partial charge in [0, 0.05) is 59.5 Å². The number of aromatic hydroxyl groups is 4. The summed E-state index contributed by atoms with van der Waals surface area (Å²) < 4.78 is 115. The van der Waals surface area contributed by atoms with E-state index in [1.54, 1.807) is 75.6 Å². The molecule has 13 N–H and O–H groups in total. The van der Waals surface area contributed by atoms with Gasteiger partial charge in [-0.1, -0.05) is 356 Å². The van der Waals surface area contributed by atoms with E-state index in [1.807, 2.05) is 138 Å². The predicted molar refractivity (Wildman–Crippen MR) is 551 cm³/mol. The molecule has 28 heteroatoms. The minimum atomic E-state index is -4.55. The molecule has 0 fully saturated rings. The number of carbonyl (C=O) groups excluding carboxylic acids is 1. The van der Waals surface area contributed by atoms with Crippen molar-refractivity contribution < 1.29 is 77.1 Å². The Kier molecular flexibility index (Phi) is 65.9. The first-order valence-corrected chi connectivity index (χ1v) is 49.9. The quantitative estimate of drug-likeness (QED) is 0.0363. The number of benzene rings is 13. The second-order valence-electron chi connectivity index (χ2n) is 27.5. The Hall–Kier alpha value is -11.5. The third kappa shape index (κ3) is 47.7. The molecule has 716 valence electrons. The Bertz CT molecular complexity index is 5740. The molecular weight excluding hydrogens is 1720 g/mol. The zero-order chi connectivity index (χ0) is 101. The van der Waals surface area contributed by atoms with Crippen LogP contribution in [-0.4, -0.2) is 112 Å². The van der Waals surface area contributed by atoms with Crippen LogP contribution >= 0.6 is 0 Å². The predicted octanol–water partition coefficient (Wildman–Crippen LogP) is 28.2. The molecular formula is C102H147N7O17S4. The van der Waals surface area contributed by atoms with Gasteiger partial charge in [-0.3, -0.25) is 23.0 Å². The number of nitrogens with two attached hydrogens (primary N) is 2. The first-order chi connectivity index (χ1) is 61.4. The van der Waals surface area contributed by atoms with Crippen LogP contribution < -0.4 is 16.8 Å². The number of carbonyl (C=O) groups is 1. The molecule has 0 bridgehead atoms. The summed E-state index contributed by atoms with van der Waals surface area (Å²) in [5, 5.41) is 67.9. The van der Waals surface area contributed by atoms with Crippen molar-refractivity contribution in [2.24, 2.45) is 20.5 Å². The Morgan fingerprint density at radius 3 is 0.962 bits per heavy atom. The number of nitrogens with one attached hydrogen (secondary N) is 1. The largest absolute Gasteiger partial charge is 0.507 e. The third-order valence-corrected chi connectivity index (χ3v) is 18.9. The molecule has 13 aromatic carbocycles. The first kappa shape index (κ1) is 125. The summed E-state index contributed by atoms with van der Waals surface area (Å²) in [4.78, 5) is 10.1. The van der Waals surface area contributed by atoms with Crippen molar-refractivity contribution in [1.29, 1.82) is 0 Å². The van der Waals surface area contributed by atoms with Crippen LogP contribution in [0.1, 0.15) is 206 Å². The third-order valence-electron chi connectivity index (χ3n) is 17.0. The van der Waals surface area contributed by atoms with Gasteiger partial charge >= 0.3 is 0 Å².